The van der Waals surface area contributed by atoms with Crippen molar-refractivity contribution < 1.29 is 18.0 Å². The number of hydrogen-bond donors (Lipinski definition) is 1. The fourth-order valence-corrected chi connectivity index (χ4v) is 5.55. The van der Waals surface area contributed by atoms with E-state index in [1.807, 2.05) is 13.8 Å². The monoisotopic (exact) mass is 539 g/mol. The quantitative estimate of drug-likeness (QED) is 0.330. The molecule has 0 fully saturated rings. The third-order valence-corrected chi connectivity index (χ3v) is 7.40. The van der Waals surface area contributed by atoms with Crippen molar-refractivity contribution in [3.8, 4) is 16.6 Å². The van der Waals surface area contributed by atoms with Crippen molar-refractivity contribution in [3.05, 3.63) is 55.4 Å². The first-order chi connectivity index (χ1) is 15.2. The van der Waals surface area contributed by atoms with E-state index in [0.29, 0.717) is 26.4 Å². The molecular formula is C20H13BrF3N5OS2. The van der Waals surface area contributed by atoms with Crippen molar-refractivity contribution in [2.45, 2.75) is 26.4 Å². The molecule has 0 saturated carbocycles. The average Bonchev–Trinajstić information content (AvgIpc) is 3.44. The van der Waals surface area contributed by atoms with Crippen molar-refractivity contribution in [2.24, 2.45) is 0 Å². The van der Waals surface area contributed by atoms with Crippen LogP contribution in [0.1, 0.15) is 39.1 Å². The van der Waals surface area contributed by atoms with Crippen molar-refractivity contribution >= 4 is 55.2 Å². The van der Waals surface area contributed by atoms with Crippen molar-refractivity contribution in [1.29, 1.82) is 5.26 Å². The van der Waals surface area contributed by atoms with Gasteiger partial charge in [-0.15, -0.1) is 22.7 Å². The van der Waals surface area contributed by atoms with E-state index in [0.717, 1.165) is 16.5 Å². The number of amides is 1. The van der Waals surface area contributed by atoms with Crippen LogP contribution in [-0.2, 0) is 12.6 Å². The zero-order chi connectivity index (χ0) is 23.2. The van der Waals surface area contributed by atoms with Gasteiger partial charge in [0, 0.05) is 4.88 Å². The summed E-state index contributed by atoms with van der Waals surface area (Å²) in [7, 11) is 0. The highest BCUT2D eigenvalue weighted by atomic mass is 79.9. The fourth-order valence-electron chi connectivity index (χ4n) is 3.26. The molecule has 0 aliphatic carbocycles. The van der Waals surface area contributed by atoms with Crippen LogP contribution in [0.2, 0.25) is 0 Å². The molecule has 12 heteroatoms. The number of thiophene rings is 2. The molecule has 0 bridgehead atoms. The van der Waals surface area contributed by atoms with Gasteiger partial charge in [0.15, 0.2) is 17.0 Å². The smallest absolute Gasteiger partial charge is 0.311 e. The molecule has 4 heterocycles. The molecule has 0 unspecified atom stereocenters. The van der Waals surface area contributed by atoms with Crippen LogP contribution in [0.15, 0.2) is 28.1 Å². The second kappa shape index (κ2) is 8.31. The van der Waals surface area contributed by atoms with Gasteiger partial charge in [0.1, 0.15) is 11.1 Å². The molecule has 4 aromatic rings. The third kappa shape index (κ3) is 3.80. The second-order valence-corrected chi connectivity index (χ2v) is 9.63. The van der Waals surface area contributed by atoms with Crippen LogP contribution in [0.3, 0.4) is 0 Å². The summed E-state index contributed by atoms with van der Waals surface area (Å²) in [5, 5.41) is 18.1. The van der Waals surface area contributed by atoms with E-state index in [2.05, 4.69) is 37.4 Å². The number of rotatable bonds is 4. The summed E-state index contributed by atoms with van der Waals surface area (Å²) < 4.78 is 42.0. The number of carbonyl (C=O) groups is 1. The summed E-state index contributed by atoms with van der Waals surface area (Å²) in [6.45, 7) is 3.74. The summed E-state index contributed by atoms with van der Waals surface area (Å²) in [4.78, 5) is 18.7. The van der Waals surface area contributed by atoms with Gasteiger partial charge in [-0.2, -0.15) is 23.5 Å². The Hall–Kier alpha value is -2.75. The molecule has 0 aliphatic heterocycles. The van der Waals surface area contributed by atoms with Gasteiger partial charge >= 0.3 is 6.18 Å². The zero-order valence-electron chi connectivity index (χ0n) is 16.5. The SMILES string of the molecule is CCc1c(C)sc(NC(=O)c2nn3c(C(F)(F)F)cc(-c4cccs4)nc3c2Br)c1C#N. The number of aromatic nitrogens is 3. The number of nitrogens with zero attached hydrogens (tertiary/aromatic N) is 4. The van der Waals surface area contributed by atoms with Crippen LogP contribution in [0, 0.1) is 18.3 Å². The Kier molecular flexibility index (Phi) is 5.83. The predicted molar refractivity (Wildman–Crippen MR) is 120 cm³/mol. The third-order valence-electron chi connectivity index (χ3n) is 4.71. The summed E-state index contributed by atoms with van der Waals surface area (Å²) >= 11 is 5.69. The molecular weight excluding hydrogens is 527 g/mol. The Balaban J connectivity index is 1.83. The van der Waals surface area contributed by atoms with Crippen LogP contribution in [0.5, 0.6) is 0 Å². The summed E-state index contributed by atoms with van der Waals surface area (Å²) in [5.74, 6) is -0.742. The lowest BCUT2D eigenvalue weighted by molar-refractivity contribution is -0.142. The Morgan fingerprint density at radius 2 is 2.16 bits per heavy atom. The lowest BCUT2D eigenvalue weighted by Crippen LogP contribution is -2.15. The molecule has 1 N–H and O–H groups in total. The molecule has 32 heavy (non-hydrogen) atoms. The van der Waals surface area contributed by atoms with Gasteiger partial charge in [0.2, 0.25) is 0 Å². The minimum absolute atomic E-state index is 0.0291. The molecule has 0 atom stereocenters. The minimum Gasteiger partial charge on any atom is -0.311 e. The number of carbonyl (C=O) groups excluding carboxylic acids is 1. The zero-order valence-corrected chi connectivity index (χ0v) is 19.8. The van der Waals surface area contributed by atoms with Gasteiger partial charge in [-0.1, -0.05) is 13.0 Å². The highest BCUT2D eigenvalue weighted by Crippen LogP contribution is 2.37. The maximum atomic E-state index is 13.8. The Labute approximate surface area is 196 Å². The van der Waals surface area contributed by atoms with Crippen molar-refractivity contribution in [1.82, 2.24) is 14.6 Å². The number of aryl methyl sites for hydroxylation is 1. The number of nitrogens with one attached hydrogen (secondary N) is 1. The minimum atomic E-state index is -4.72. The lowest BCUT2D eigenvalue weighted by Gasteiger charge is -2.10. The first-order valence-electron chi connectivity index (χ1n) is 9.19. The second-order valence-electron chi connectivity index (χ2n) is 6.66. The van der Waals surface area contributed by atoms with Crippen LogP contribution in [0.4, 0.5) is 18.2 Å². The van der Waals surface area contributed by atoms with Crippen molar-refractivity contribution in [2.75, 3.05) is 5.32 Å². The largest absolute Gasteiger partial charge is 0.433 e. The Morgan fingerprint density at radius 1 is 1.41 bits per heavy atom. The number of alkyl halides is 3. The molecule has 164 valence electrons. The van der Waals surface area contributed by atoms with Crippen LogP contribution in [-0.4, -0.2) is 20.5 Å². The van der Waals surface area contributed by atoms with Crippen LogP contribution < -0.4 is 5.32 Å². The lowest BCUT2D eigenvalue weighted by atomic mass is 10.1. The molecule has 1 amide bonds. The van der Waals surface area contributed by atoms with Gasteiger partial charge in [-0.3, -0.25) is 4.79 Å². The molecule has 4 rings (SSSR count). The van der Waals surface area contributed by atoms with Gasteiger partial charge in [0.25, 0.3) is 5.91 Å². The molecule has 0 aliphatic rings. The van der Waals surface area contributed by atoms with E-state index >= 15 is 0 Å². The average molecular weight is 540 g/mol. The van der Waals surface area contributed by atoms with E-state index in [9.17, 15) is 23.2 Å². The van der Waals surface area contributed by atoms with Crippen LogP contribution >= 0.6 is 38.6 Å². The van der Waals surface area contributed by atoms with E-state index in [1.54, 1.807) is 17.5 Å². The number of nitriles is 1. The van der Waals surface area contributed by atoms with E-state index in [4.69, 9.17) is 0 Å². The Morgan fingerprint density at radius 3 is 2.75 bits per heavy atom. The maximum Gasteiger partial charge on any atom is 0.433 e. The van der Waals surface area contributed by atoms with Gasteiger partial charge < -0.3 is 5.32 Å². The number of halogens is 4. The number of hydrogen-bond acceptors (Lipinski definition) is 6. The standard InChI is InChI=1S/C20H13BrF3N5OS2/c1-3-10-9(2)32-19(11(10)8-25)27-18(30)16-15(21)17-26-12(13-5-4-6-31-13)7-14(20(22,23)24)29(17)28-16/h4-7H,3H2,1-2H3,(H,27,30). The van der Waals surface area contributed by atoms with Gasteiger partial charge in [0.05, 0.1) is 20.6 Å². The Bertz CT molecular complexity index is 1380. The summed E-state index contributed by atoms with van der Waals surface area (Å²) in [6, 6.07) is 6.37. The molecule has 0 radical (unpaired) electrons. The molecule has 0 aromatic carbocycles. The van der Waals surface area contributed by atoms with Gasteiger partial charge in [-0.05, 0) is 52.4 Å². The molecule has 0 spiro atoms. The van der Waals surface area contributed by atoms with E-state index in [-0.39, 0.29) is 21.5 Å². The highest BCUT2D eigenvalue weighted by Gasteiger charge is 2.37. The topological polar surface area (TPSA) is 83.1 Å². The maximum absolute atomic E-state index is 13.8. The molecule has 0 saturated heterocycles. The fraction of sp³-hybridized carbons (Fsp3) is 0.200. The highest BCUT2D eigenvalue weighted by molar-refractivity contribution is 9.10. The first-order valence-corrected chi connectivity index (χ1v) is 11.7. The predicted octanol–water partition coefficient (Wildman–Crippen LogP) is 6.30. The molecule has 6 nitrogen and oxygen atoms in total. The van der Waals surface area contributed by atoms with E-state index in [1.165, 1.54) is 22.7 Å². The van der Waals surface area contributed by atoms with Gasteiger partial charge in [-0.25, -0.2) is 9.50 Å². The number of fused-ring (bicyclic) bond motifs is 1. The summed E-state index contributed by atoms with van der Waals surface area (Å²) in [5.41, 5.74) is -0.158. The normalized spacial score (nSPS) is 11.7. The summed E-state index contributed by atoms with van der Waals surface area (Å²) in [6.07, 6.45) is -4.11. The molecule has 4 aromatic heterocycles. The number of anilines is 1. The van der Waals surface area contributed by atoms with E-state index < -0.39 is 17.8 Å². The van der Waals surface area contributed by atoms with Crippen molar-refractivity contribution in [3.63, 3.8) is 0 Å². The first kappa shape index (κ1) is 22.4. The van der Waals surface area contributed by atoms with Crippen LogP contribution in [0.25, 0.3) is 16.2 Å².